The highest BCUT2D eigenvalue weighted by atomic mass is 32.2. The van der Waals surface area contributed by atoms with Crippen LogP contribution in [0.2, 0.25) is 0 Å². The van der Waals surface area contributed by atoms with Crippen LogP contribution in [0, 0.1) is 0 Å². The molecule has 2 aliphatic heterocycles. The van der Waals surface area contributed by atoms with E-state index in [1.165, 1.54) is 112 Å². The molecule has 3 rings (SSSR count). The third-order valence-electron chi connectivity index (χ3n) is 6.97. The average Bonchev–Trinajstić information content (AvgIpc) is 3.56. The molecule has 1 aromatic carbocycles. The number of esters is 2. The average molecular weight is 655 g/mol. The summed E-state index contributed by atoms with van der Waals surface area (Å²) in [5.74, 6) is -0.138. The molecule has 41 heavy (non-hydrogen) atoms. The largest absolute Gasteiger partial charge is 0.462 e. The molecule has 2 aliphatic rings. The Morgan fingerprint density at radius 1 is 0.659 bits per heavy atom. The summed E-state index contributed by atoms with van der Waals surface area (Å²) in [5.41, 5.74) is 1.53. The molecule has 1 aromatic rings. The summed E-state index contributed by atoms with van der Waals surface area (Å²) in [6, 6.07) is 2.25. The zero-order valence-electron chi connectivity index (χ0n) is 25.4. The maximum Gasteiger partial charge on any atom is 0.347 e. The van der Waals surface area contributed by atoms with E-state index in [4.69, 9.17) is 9.47 Å². The van der Waals surface area contributed by atoms with Crippen molar-refractivity contribution in [3.63, 3.8) is 0 Å². The normalized spacial score (nSPS) is 13.8. The van der Waals surface area contributed by atoms with Crippen molar-refractivity contribution in [3.8, 4) is 0 Å². The van der Waals surface area contributed by atoms with Gasteiger partial charge in [-0.3, -0.25) is 0 Å². The molecule has 0 bridgehead atoms. The van der Waals surface area contributed by atoms with Crippen molar-refractivity contribution < 1.29 is 19.1 Å². The van der Waals surface area contributed by atoms with Crippen molar-refractivity contribution in [3.05, 3.63) is 25.7 Å². The third-order valence-corrected chi connectivity index (χ3v) is 13.7. The lowest BCUT2D eigenvalue weighted by Gasteiger charge is -2.12. The van der Waals surface area contributed by atoms with Gasteiger partial charge in [0, 0.05) is 28.7 Å². The Hall–Kier alpha value is -0.610. The lowest BCUT2D eigenvalue weighted by molar-refractivity contribution is -0.146. The summed E-state index contributed by atoms with van der Waals surface area (Å²) in [6.07, 6.45) is 15.5. The highest BCUT2D eigenvalue weighted by Gasteiger charge is 2.35. The molecule has 0 radical (unpaired) electrons. The molecule has 2 heterocycles. The lowest BCUT2D eigenvalue weighted by Crippen LogP contribution is -2.19. The Bertz CT molecular complexity index is 1090. The zero-order chi connectivity index (χ0) is 29.6. The standard InChI is InChI=1S/C32H46O4S5/c1-6-11-12-13-14-15-16-17-18-19-20-37-28-26-23(38-31(40-26)22(7-2)8-3)21-24-27(28)41-32(39-24)25(29(33)35-9-4)30(34)36-10-5/h21H,6-20H2,1-5H3. The second-order valence-electron chi connectivity index (χ2n) is 10.0. The first-order valence-corrected chi connectivity index (χ1v) is 19.6. The SMILES string of the molecule is CCCCCCCCCCCCSc1c2c(cc3c1SC(=C(C(=O)OCC)C(=O)OCC)S3)SC(=C(CC)CC)S2. The van der Waals surface area contributed by atoms with E-state index in [0.29, 0.717) is 4.24 Å². The van der Waals surface area contributed by atoms with Crippen LogP contribution >= 0.6 is 58.8 Å². The van der Waals surface area contributed by atoms with E-state index in [1.54, 1.807) is 13.8 Å². The fourth-order valence-electron chi connectivity index (χ4n) is 4.69. The molecule has 0 aromatic heterocycles. The topological polar surface area (TPSA) is 52.6 Å². The Labute approximate surface area is 269 Å². The van der Waals surface area contributed by atoms with Crippen molar-refractivity contribution in [2.75, 3.05) is 19.0 Å². The van der Waals surface area contributed by atoms with Crippen LogP contribution in [-0.2, 0) is 19.1 Å². The molecule has 0 atom stereocenters. The number of unbranched alkanes of at least 4 members (excludes halogenated alkanes) is 9. The molecule has 0 aliphatic carbocycles. The number of benzene rings is 1. The van der Waals surface area contributed by atoms with Crippen LogP contribution in [0.15, 0.2) is 50.2 Å². The van der Waals surface area contributed by atoms with Gasteiger partial charge in [-0.2, -0.15) is 0 Å². The molecule has 9 heteroatoms. The molecule has 4 nitrogen and oxygen atoms in total. The maximum absolute atomic E-state index is 12.8. The Kier molecular flexibility index (Phi) is 16.1. The van der Waals surface area contributed by atoms with E-state index in [0.717, 1.165) is 28.4 Å². The fraction of sp³-hybridized carbons (Fsp3) is 0.625. The second kappa shape index (κ2) is 18.9. The molecule has 0 fully saturated rings. The van der Waals surface area contributed by atoms with Crippen LogP contribution in [0.1, 0.15) is 112 Å². The predicted octanol–water partition coefficient (Wildman–Crippen LogP) is 11.5. The Balaban J connectivity index is 1.77. The Morgan fingerprint density at radius 3 is 1.66 bits per heavy atom. The van der Waals surface area contributed by atoms with Gasteiger partial charge >= 0.3 is 11.9 Å². The zero-order valence-corrected chi connectivity index (χ0v) is 29.4. The number of rotatable bonds is 18. The van der Waals surface area contributed by atoms with Crippen molar-refractivity contribution in [2.24, 2.45) is 0 Å². The number of carbonyl (C=O) groups excluding carboxylic acids is 2. The summed E-state index contributed by atoms with van der Waals surface area (Å²) in [7, 11) is 0. The van der Waals surface area contributed by atoms with Gasteiger partial charge in [-0.1, -0.05) is 131 Å². The van der Waals surface area contributed by atoms with E-state index in [1.807, 2.05) is 35.3 Å². The summed E-state index contributed by atoms with van der Waals surface area (Å²) in [6.45, 7) is 10.7. The number of ether oxygens (including phenoxy) is 2. The van der Waals surface area contributed by atoms with E-state index >= 15 is 0 Å². The van der Waals surface area contributed by atoms with Gasteiger partial charge < -0.3 is 9.47 Å². The highest BCUT2D eigenvalue weighted by Crippen LogP contribution is 2.64. The minimum Gasteiger partial charge on any atom is -0.462 e. The van der Waals surface area contributed by atoms with E-state index in [9.17, 15) is 9.59 Å². The van der Waals surface area contributed by atoms with Gasteiger partial charge in [0.05, 0.1) is 17.5 Å². The lowest BCUT2D eigenvalue weighted by atomic mass is 10.1. The van der Waals surface area contributed by atoms with Gasteiger partial charge in [0.1, 0.15) is 0 Å². The quantitative estimate of drug-likeness (QED) is 0.0384. The molecule has 0 unspecified atom stereocenters. The summed E-state index contributed by atoms with van der Waals surface area (Å²) in [4.78, 5) is 31.9. The van der Waals surface area contributed by atoms with Crippen molar-refractivity contribution >= 4 is 70.7 Å². The number of carbonyl (C=O) groups is 2. The minimum absolute atomic E-state index is 0.0193. The summed E-state index contributed by atoms with van der Waals surface area (Å²) >= 11 is 8.76. The van der Waals surface area contributed by atoms with E-state index in [2.05, 4.69) is 26.8 Å². The first-order chi connectivity index (χ1) is 20.0. The van der Waals surface area contributed by atoms with Gasteiger partial charge in [0.25, 0.3) is 0 Å². The van der Waals surface area contributed by atoms with E-state index < -0.39 is 11.9 Å². The van der Waals surface area contributed by atoms with Crippen LogP contribution in [-0.4, -0.2) is 30.9 Å². The van der Waals surface area contributed by atoms with Gasteiger partial charge in [-0.05, 0) is 44.9 Å². The monoisotopic (exact) mass is 654 g/mol. The van der Waals surface area contributed by atoms with Crippen molar-refractivity contribution in [2.45, 2.75) is 136 Å². The molecule has 0 saturated carbocycles. The van der Waals surface area contributed by atoms with Crippen molar-refractivity contribution in [1.82, 2.24) is 0 Å². The number of thioether (sulfide) groups is 5. The first kappa shape index (κ1) is 34.9. The molecule has 0 amide bonds. The van der Waals surface area contributed by atoms with Gasteiger partial charge in [0.2, 0.25) is 0 Å². The van der Waals surface area contributed by atoms with Crippen LogP contribution in [0.25, 0.3) is 0 Å². The van der Waals surface area contributed by atoms with Crippen LogP contribution < -0.4 is 0 Å². The first-order valence-electron chi connectivity index (χ1n) is 15.3. The molecule has 0 saturated heterocycles. The molecule has 228 valence electrons. The summed E-state index contributed by atoms with van der Waals surface area (Å²) in [5, 5.41) is 0. The van der Waals surface area contributed by atoms with Gasteiger partial charge in [-0.15, -0.1) is 11.8 Å². The minimum atomic E-state index is -0.606. The predicted molar refractivity (Wildman–Crippen MR) is 180 cm³/mol. The summed E-state index contributed by atoms with van der Waals surface area (Å²) < 4.78 is 12.6. The van der Waals surface area contributed by atoms with E-state index in [-0.39, 0.29) is 18.8 Å². The molecular formula is C32H46O4S5. The van der Waals surface area contributed by atoms with Gasteiger partial charge in [0.15, 0.2) is 5.57 Å². The molecule has 0 spiro atoms. The van der Waals surface area contributed by atoms with Crippen LogP contribution in [0.5, 0.6) is 0 Å². The second-order valence-corrected chi connectivity index (χ2v) is 15.8. The smallest absolute Gasteiger partial charge is 0.347 e. The van der Waals surface area contributed by atoms with Crippen molar-refractivity contribution in [1.29, 1.82) is 0 Å². The Morgan fingerprint density at radius 2 is 1.15 bits per heavy atom. The molecule has 0 N–H and O–H groups in total. The maximum atomic E-state index is 12.8. The fourth-order valence-corrected chi connectivity index (χ4v) is 12.1. The third kappa shape index (κ3) is 9.95. The number of fused-ring (bicyclic) bond motifs is 2. The number of hydrogen-bond acceptors (Lipinski definition) is 9. The van der Waals surface area contributed by atoms with Crippen LogP contribution in [0.4, 0.5) is 0 Å². The molecular weight excluding hydrogens is 609 g/mol. The number of hydrogen-bond donors (Lipinski definition) is 0. The highest BCUT2D eigenvalue weighted by molar-refractivity contribution is 8.26. The van der Waals surface area contributed by atoms with Gasteiger partial charge in [-0.25, -0.2) is 9.59 Å². The number of allylic oxidation sites excluding steroid dienone is 1. The van der Waals surface area contributed by atoms with Crippen LogP contribution in [0.3, 0.4) is 0 Å².